The van der Waals surface area contributed by atoms with Crippen molar-refractivity contribution in [1.82, 2.24) is 0 Å². The number of fused-ring (bicyclic) bond motifs is 4. The maximum Gasteiger partial charge on any atom is -0.0199 e. The third-order valence-electron chi connectivity index (χ3n) is 6.15. The first kappa shape index (κ1) is 14.4. The van der Waals surface area contributed by atoms with Gasteiger partial charge in [-0.05, 0) is 61.2 Å². The van der Waals surface area contributed by atoms with Gasteiger partial charge < -0.3 is 0 Å². The van der Waals surface area contributed by atoms with Crippen molar-refractivity contribution in [1.29, 1.82) is 0 Å². The molecule has 0 aromatic heterocycles. The fourth-order valence-corrected chi connectivity index (χ4v) is 5.19. The first-order valence-corrected chi connectivity index (χ1v) is 9.16. The second kappa shape index (κ2) is 6.50. The molecule has 0 nitrogen and oxygen atoms in total. The molecule has 4 bridgehead atoms. The highest BCUT2D eigenvalue weighted by Crippen LogP contribution is 2.45. The normalized spacial score (nSPS) is 43.1. The van der Waals surface area contributed by atoms with Crippen LogP contribution < -0.4 is 0 Å². The van der Waals surface area contributed by atoms with E-state index in [-0.39, 0.29) is 0 Å². The van der Waals surface area contributed by atoms with Gasteiger partial charge in [0.2, 0.25) is 0 Å². The summed E-state index contributed by atoms with van der Waals surface area (Å²) in [4.78, 5) is 0. The molecule has 4 aliphatic rings. The van der Waals surface area contributed by atoms with Crippen LogP contribution in [0, 0.1) is 35.5 Å². The fraction of sp³-hybridized carbons (Fsp3) is 0.800. The van der Waals surface area contributed by atoms with Crippen LogP contribution in [0.15, 0.2) is 24.3 Å². The highest BCUT2D eigenvalue weighted by atomic mass is 14.4. The Bertz CT molecular complexity index is 328. The zero-order valence-electron chi connectivity index (χ0n) is 13.4. The van der Waals surface area contributed by atoms with Crippen LogP contribution in [0.2, 0.25) is 0 Å². The molecule has 6 unspecified atom stereocenters. The van der Waals surface area contributed by atoms with Crippen LogP contribution in [0.5, 0.6) is 0 Å². The Morgan fingerprint density at radius 2 is 1.10 bits per heavy atom. The maximum atomic E-state index is 2.45. The summed E-state index contributed by atoms with van der Waals surface area (Å²) < 4.78 is 0. The van der Waals surface area contributed by atoms with Gasteiger partial charge in [-0.2, -0.15) is 0 Å². The second-order valence-electron chi connectivity index (χ2n) is 7.66. The SMILES string of the molecule is CCCC1CC2C=CC1C2.CCCC1CC2C=CC1C2. The van der Waals surface area contributed by atoms with E-state index in [2.05, 4.69) is 38.2 Å². The molecule has 0 heterocycles. The van der Waals surface area contributed by atoms with Crippen LogP contribution >= 0.6 is 0 Å². The van der Waals surface area contributed by atoms with E-state index in [1.807, 2.05) is 0 Å². The Hall–Kier alpha value is -0.520. The van der Waals surface area contributed by atoms with E-state index in [1.165, 1.54) is 51.4 Å². The Morgan fingerprint density at radius 3 is 1.35 bits per heavy atom. The molecule has 0 N–H and O–H groups in total. The minimum absolute atomic E-state index is 0.974. The molecule has 4 aliphatic carbocycles. The summed E-state index contributed by atoms with van der Waals surface area (Å²) in [5, 5.41) is 0. The van der Waals surface area contributed by atoms with Gasteiger partial charge in [0.05, 0.1) is 0 Å². The van der Waals surface area contributed by atoms with Gasteiger partial charge in [-0.3, -0.25) is 0 Å². The van der Waals surface area contributed by atoms with Crippen molar-refractivity contribution in [2.45, 2.75) is 65.2 Å². The zero-order valence-corrected chi connectivity index (χ0v) is 13.4. The molecule has 0 aliphatic heterocycles. The molecule has 0 saturated heterocycles. The van der Waals surface area contributed by atoms with Crippen molar-refractivity contribution in [3.8, 4) is 0 Å². The summed E-state index contributed by atoms with van der Waals surface area (Å²) in [7, 11) is 0. The lowest BCUT2D eigenvalue weighted by atomic mass is 9.90. The van der Waals surface area contributed by atoms with Crippen molar-refractivity contribution < 1.29 is 0 Å². The quantitative estimate of drug-likeness (QED) is 0.551. The predicted octanol–water partition coefficient (Wildman–Crippen LogP) is 6.00. The van der Waals surface area contributed by atoms with Crippen LogP contribution in [0.3, 0.4) is 0 Å². The van der Waals surface area contributed by atoms with Gasteiger partial charge in [0, 0.05) is 0 Å². The number of rotatable bonds is 4. The molecule has 20 heavy (non-hydrogen) atoms. The Morgan fingerprint density at radius 1 is 0.650 bits per heavy atom. The van der Waals surface area contributed by atoms with Crippen LogP contribution in [0.4, 0.5) is 0 Å². The van der Waals surface area contributed by atoms with Crippen molar-refractivity contribution >= 4 is 0 Å². The molecule has 0 spiro atoms. The largest absolute Gasteiger partial charge is 0.0851 e. The lowest BCUT2D eigenvalue weighted by molar-refractivity contribution is 0.412. The van der Waals surface area contributed by atoms with Gasteiger partial charge in [0.1, 0.15) is 0 Å². The topological polar surface area (TPSA) is 0 Å². The van der Waals surface area contributed by atoms with E-state index in [0.717, 1.165) is 35.5 Å². The molecule has 4 rings (SSSR count). The van der Waals surface area contributed by atoms with Gasteiger partial charge in [0.15, 0.2) is 0 Å². The van der Waals surface area contributed by atoms with Crippen LogP contribution in [-0.2, 0) is 0 Å². The molecule has 0 radical (unpaired) electrons. The van der Waals surface area contributed by atoms with Crippen molar-refractivity contribution in [2.24, 2.45) is 35.5 Å². The van der Waals surface area contributed by atoms with E-state index >= 15 is 0 Å². The molecule has 2 saturated carbocycles. The molecule has 0 aromatic rings. The van der Waals surface area contributed by atoms with Crippen molar-refractivity contribution in [3.63, 3.8) is 0 Å². The monoisotopic (exact) mass is 272 g/mol. The van der Waals surface area contributed by atoms with Gasteiger partial charge in [-0.25, -0.2) is 0 Å². The first-order chi connectivity index (χ1) is 9.80. The van der Waals surface area contributed by atoms with E-state index in [1.54, 1.807) is 0 Å². The van der Waals surface area contributed by atoms with Crippen molar-refractivity contribution in [3.05, 3.63) is 24.3 Å². The molecule has 112 valence electrons. The summed E-state index contributed by atoms with van der Waals surface area (Å²) in [6.45, 7) is 4.60. The number of allylic oxidation sites excluding steroid dienone is 4. The Labute approximate surface area is 125 Å². The van der Waals surface area contributed by atoms with E-state index < -0.39 is 0 Å². The minimum Gasteiger partial charge on any atom is -0.0851 e. The zero-order chi connectivity index (χ0) is 13.9. The first-order valence-electron chi connectivity index (χ1n) is 9.16. The van der Waals surface area contributed by atoms with Gasteiger partial charge in [-0.15, -0.1) is 0 Å². The smallest absolute Gasteiger partial charge is 0.0199 e. The third kappa shape index (κ3) is 3.05. The summed E-state index contributed by atoms with van der Waals surface area (Å²) in [6.07, 6.45) is 21.4. The summed E-state index contributed by atoms with van der Waals surface area (Å²) in [5.74, 6) is 6.01. The molecule has 0 aromatic carbocycles. The molecular formula is C20H32. The van der Waals surface area contributed by atoms with Crippen LogP contribution in [0.25, 0.3) is 0 Å². The Balaban J connectivity index is 0.000000121. The third-order valence-corrected chi connectivity index (χ3v) is 6.15. The maximum absolute atomic E-state index is 2.45. The summed E-state index contributed by atoms with van der Waals surface area (Å²) in [6, 6.07) is 0. The molecule has 6 atom stereocenters. The van der Waals surface area contributed by atoms with E-state index in [0.29, 0.717) is 0 Å². The lowest BCUT2D eigenvalue weighted by Gasteiger charge is -2.16. The van der Waals surface area contributed by atoms with Crippen LogP contribution in [0.1, 0.15) is 65.2 Å². The molecular weight excluding hydrogens is 240 g/mol. The lowest BCUT2D eigenvalue weighted by Crippen LogP contribution is -2.05. The highest BCUT2D eigenvalue weighted by Gasteiger charge is 2.35. The molecule has 2 fully saturated rings. The molecule has 0 amide bonds. The average molecular weight is 272 g/mol. The Kier molecular flexibility index (Phi) is 4.68. The summed E-state index contributed by atoms with van der Waals surface area (Å²) >= 11 is 0. The fourth-order valence-electron chi connectivity index (χ4n) is 5.19. The van der Waals surface area contributed by atoms with Crippen LogP contribution in [-0.4, -0.2) is 0 Å². The second-order valence-corrected chi connectivity index (χ2v) is 7.66. The number of hydrogen-bond acceptors (Lipinski definition) is 0. The van der Waals surface area contributed by atoms with Crippen molar-refractivity contribution in [2.75, 3.05) is 0 Å². The van der Waals surface area contributed by atoms with Gasteiger partial charge in [-0.1, -0.05) is 63.8 Å². The highest BCUT2D eigenvalue weighted by molar-refractivity contribution is 5.10. The van der Waals surface area contributed by atoms with E-state index in [4.69, 9.17) is 0 Å². The van der Waals surface area contributed by atoms with E-state index in [9.17, 15) is 0 Å². The summed E-state index contributed by atoms with van der Waals surface area (Å²) in [5.41, 5.74) is 0. The average Bonchev–Trinajstić information content (AvgIpc) is 3.21. The molecule has 0 heteroatoms. The van der Waals surface area contributed by atoms with Gasteiger partial charge in [0.25, 0.3) is 0 Å². The minimum atomic E-state index is 0.974. The number of hydrogen-bond donors (Lipinski definition) is 0. The standard InChI is InChI=1S/2C10H16/c2*1-2-3-9-6-8-4-5-10(9)7-8/h2*4-5,8-10H,2-3,6-7H2,1H3. The van der Waals surface area contributed by atoms with Gasteiger partial charge >= 0.3 is 0 Å². The predicted molar refractivity (Wildman–Crippen MR) is 87.5 cm³/mol.